The highest BCUT2D eigenvalue weighted by Gasteiger charge is 2.55. The van der Waals surface area contributed by atoms with Gasteiger partial charge in [0.05, 0.1) is 4.08 Å². The van der Waals surface area contributed by atoms with Crippen molar-refractivity contribution in [2.24, 2.45) is 17.6 Å². The van der Waals surface area contributed by atoms with Crippen molar-refractivity contribution in [2.45, 2.75) is 35.8 Å². The summed E-state index contributed by atoms with van der Waals surface area (Å²) < 4.78 is 0.635. The lowest BCUT2D eigenvalue weighted by molar-refractivity contribution is 0.311. The molecule has 0 amide bonds. The van der Waals surface area contributed by atoms with Crippen molar-refractivity contribution in [1.29, 1.82) is 0 Å². The molecule has 3 aliphatic rings. The molecule has 1 nitrogen and oxygen atoms in total. The van der Waals surface area contributed by atoms with E-state index in [-0.39, 0.29) is 0 Å². The van der Waals surface area contributed by atoms with Gasteiger partial charge in [0.1, 0.15) is 0 Å². The van der Waals surface area contributed by atoms with Gasteiger partial charge in [0, 0.05) is 17.5 Å². The minimum Gasteiger partial charge on any atom is -0.328 e. The van der Waals surface area contributed by atoms with Gasteiger partial charge in [0.25, 0.3) is 0 Å². The third-order valence-electron chi connectivity index (χ3n) is 3.91. The molecule has 1 aliphatic heterocycles. The summed E-state index contributed by atoms with van der Waals surface area (Å²) in [7, 11) is 0. The van der Waals surface area contributed by atoms with E-state index in [1.165, 1.54) is 37.2 Å². The van der Waals surface area contributed by atoms with E-state index in [9.17, 15) is 0 Å². The summed E-state index contributed by atoms with van der Waals surface area (Å²) in [4.78, 5) is 0. The van der Waals surface area contributed by atoms with Crippen LogP contribution >= 0.6 is 23.5 Å². The van der Waals surface area contributed by atoms with Crippen molar-refractivity contribution in [3.8, 4) is 0 Å². The Balaban J connectivity index is 1.89. The molecule has 3 rings (SSSR count). The topological polar surface area (TPSA) is 26.0 Å². The number of hydrogen-bond acceptors (Lipinski definition) is 3. The Morgan fingerprint density at radius 2 is 1.54 bits per heavy atom. The summed E-state index contributed by atoms with van der Waals surface area (Å²) in [6, 6.07) is 0.518. The van der Waals surface area contributed by atoms with Crippen molar-refractivity contribution >= 4 is 23.5 Å². The highest BCUT2D eigenvalue weighted by atomic mass is 32.2. The predicted molar refractivity (Wildman–Crippen MR) is 61.1 cm³/mol. The van der Waals surface area contributed by atoms with Gasteiger partial charge in [-0.05, 0) is 37.5 Å². The highest BCUT2D eigenvalue weighted by molar-refractivity contribution is 8.21. The van der Waals surface area contributed by atoms with Crippen LogP contribution in [-0.4, -0.2) is 21.6 Å². The molecule has 2 saturated carbocycles. The van der Waals surface area contributed by atoms with Crippen molar-refractivity contribution in [1.82, 2.24) is 0 Å². The average molecular weight is 215 g/mol. The number of nitrogens with two attached hydrogens (primary N) is 1. The Kier molecular flexibility index (Phi) is 2.11. The van der Waals surface area contributed by atoms with Crippen LogP contribution in [0, 0.1) is 11.8 Å². The average Bonchev–Trinajstić information content (AvgIpc) is 2.63. The van der Waals surface area contributed by atoms with E-state index < -0.39 is 0 Å². The van der Waals surface area contributed by atoms with E-state index in [1.807, 2.05) is 0 Å². The smallest absolute Gasteiger partial charge is 0.0668 e. The molecule has 13 heavy (non-hydrogen) atoms. The van der Waals surface area contributed by atoms with Gasteiger partial charge in [-0.3, -0.25) is 0 Å². The van der Waals surface area contributed by atoms with Gasteiger partial charge in [-0.1, -0.05) is 0 Å². The Hall–Kier alpha value is 0.660. The molecule has 0 aromatic carbocycles. The maximum absolute atomic E-state index is 6.09. The standard InChI is InChI=1S/C10H17NS2/c11-9-5-7-1-2-8(6-9)10(7)12-3-4-13-10/h7-9H,1-6,11H2/t7-,8+,9?. The fourth-order valence-electron chi connectivity index (χ4n) is 3.44. The van der Waals surface area contributed by atoms with Gasteiger partial charge in [0.2, 0.25) is 0 Å². The second-order valence-corrected chi connectivity index (χ2v) is 7.62. The van der Waals surface area contributed by atoms with E-state index in [2.05, 4.69) is 23.5 Å². The first-order valence-electron chi connectivity index (χ1n) is 5.35. The molecule has 3 heteroatoms. The Morgan fingerprint density at radius 1 is 1.00 bits per heavy atom. The van der Waals surface area contributed by atoms with Crippen LogP contribution in [0.25, 0.3) is 0 Å². The van der Waals surface area contributed by atoms with Crippen molar-refractivity contribution in [3.63, 3.8) is 0 Å². The molecular weight excluding hydrogens is 198 g/mol. The zero-order valence-corrected chi connectivity index (χ0v) is 9.50. The summed E-state index contributed by atoms with van der Waals surface area (Å²) in [5.41, 5.74) is 6.09. The lowest BCUT2D eigenvalue weighted by Gasteiger charge is -2.41. The SMILES string of the molecule is NC1C[C@H]2CC[C@@H](C1)C21SCCS1. The third kappa shape index (κ3) is 1.20. The highest BCUT2D eigenvalue weighted by Crippen LogP contribution is 2.64. The molecule has 0 aromatic heterocycles. The molecule has 74 valence electrons. The van der Waals surface area contributed by atoms with Crippen LogP contribution in [0.3, 0.4) is 0 Å². The monoisotopic (exact) mass is 215 g/mol. The molecule has 1 saturated heterocycles. The summed E-state index contributed by atoms with van der Waals surface area (Å²) in [6.07, 6.45) is 5.52. The zero-order chi connectivity index (χ0) is 8.89. The first kappa shape index (κ1) is 8.93. The van der Waals surface area contributed by atoms with Crippen LogP contribution in [-0.2, 0) is 0 Å². The molecular formula is C10H17NS2. The van der Waals surface area contributed by atoms with E-state index in [0.29, 0.717) is 10.1 Å². The Bertz CT molecular complexity index is 197. The third-order valence-corrected chi connectivity index (χ3v) is 7.93. The van der Waals surface area contributed by atoms with Crippen LogP contribution in [0.15, 0.2) is 0 Å². The zero-order valence-electron chi connectivity index (χ0n) is 7.87. The molecule has 2 aliphatic carbocycles. The largest absolute Gasteiger partial charge is 0.328 e. The lowest BCUT2D eigenvalue weighted by Crippen LogP contribution is -2.42. The minimum atomic E-state index is 0.518. The van der Waals surface area contributed by atoms with E-state index in [1.54, 1.807) is 0 Å². The maximum Gasteiger partial charge on any atom is 0.0668 e. The van der Waals surface area contributed by atoms with Gasteiger partial charge in [-0.15, -0.1) is 23.5 Å². The molecule has 0 radical (unpaired) electrons. The predicted octanol–water partition coefficient (Wildman–Crippen LogP) is 2.31. The lowest BCUT2D eigenvalue weighted by atomic mass is 9.85. The molecule has 2 bridgehead atoms. The first-order valence-corrected chi connectivity index (χ1v) is 7.32. The van der Waals surface area contributed by atoms with Gasteiger partial charge in [0.15, 0.2) is 0 Å². The van der Waals surface area contributed by atoms with Crippen molar-refractivity contribution < 1.29 is 0 Å². The molecule has 1 spiro atoms. The summed E-state index contributed by atoms with van der Waals surface area (Å²) in [6.45, 7) is 0. The van der Waals surface area contributed by atoms with E-state index in [4.69, 9.17) is 5.73 Å². The van der Waals surface area contributed by atoms with Gasteiger partial charge < -0.3 is 5.73 Å². The summed E-state index contributed by atoms with van der Waals surface area (Å²) in [5.74, 6) is 4.65. The Morgan fingerprint density at radius 3 is 2.08 bits per heavy atom. The van der Waals surface area contributed by atoms with Crippen LogP contribution in [0.5, 0.6) is 0 Å². The fraction of sp³-hybridized carbons (Fsp3) is 1.00. The fourth-order valence-corrected chi connectivity index (χ4v) is 7.38. The molecule has 3 fully saturated rings. The molecule has 1 heterocycles. The van der Waals surface area contributed by atoms with Crippen LogP contribution in [0.2, 0.25) is 0 Å². The molecule has 1 unspecified atom stereocenters. The minimum absolute atomic E-state index is 0.518. The van der Waals surface area contributed by atoms with E-state index in [0.717, 1.165) is 11.8 Å². The van der Waals surface area contributed by atoms with Gasteiger partial charge in [-0.25, -0.2) is 0 Å². The van der Waals surface area contributed by atoms with Crippen LogP contribution < -0.4 is 5.73 Å². The van der Waals surface area contributed by atoms with E-state index >= 15 is 0 Å². The van der Waals surface area contributed by atoms with Gasteiger partial charge in [-0.2, -0.15) is 0 Å². The summed E-state index contributed by atoms with van der Waals surface area (Å²) >= 11 is 4.51. The molecule has 2 N–H and O–H groups in total. The quantitative estimate of drug-likeness (QED) is 0.671. The number of hydrogen-bond donors (Lipinski definition) is 1. The van der Waals surface area contributed by atoms with Crippen LogP contribution in [0.4, 0.5) is 0 Å². The molecule has 3 atom stereocenters. The second-order valence-electron chi connectivity index (χ2n) is 4.62. The van der Waals surface area contributed by atoms with Gasteiger partial charge >= 0.3 is 0 Å². The number of thioether (sulfide) groups is 2. The van der Waals surface area contributed by atoms with Crippen LogP contribution in [0.1, 0.15) is 25.7 Å². The first-order chi connectivity index (χ1) is 6.31. The Labute approximate surface area is 88.6 Å². The van der Waals surface area contributed by atoms with Crippen molar-refractivity contribution in [3.05, 3.63) is 0 Å². The summed E-state index contributed by atoms with van der Waals surface area (Å²) in [5, 5.41) is 0. The second kappa shape index (κ2) is 3.07. The maximum atomic E-state index is 6.09. The normalized spacial score (nSPS) is 47.3. The molecule has 0 aromatic rings. The number of rotatable bonds is 0. The van der Waals surface area contributed by atoms with Crippen molar-refractivity contribution in [2.75, 3.05) is 11.5 Å².